The number of carbonyl (C=O) groups is 1. The van der Waals surface area contributed by atoms with Crippen LogP contribution in [0.4, 0.5) is 10.2 Å². The van der Waals surface area contributed by atoms with Crippen LogP contribution in [0, 0.1) is 11.2 Å². The van der Waals surface area contributed by atoms with Crippen molar-refractivity contribution in [2.75, 3.05) is 14.1 Å². The van der Waals surface area contributed by atoms with E-state index in [9.17, 15) is 9.18 Å². The molecule has 0 N–H and O–H groups in total. The van der Waals surface area contributed by atoms with E-state index in [1.54, 1.807) is 39.8 Å². The van der Waals surface area contributed by atoms with Gasteiger partial charge in [0.05, 0.1) is 18.0 Å². The summed E-state index contributed by atoms with van der Waals surface area (Å²) in [6.07, 6.45) is 2.31. The number of nitrogens with zero attached hydrogens (tertiary/aromatic N) is 4. The summed E-state index contributed by atoms with van der Waals surface area (Å²) in [5, 5.41) is 0. The minimum absolute atomic E-state index is 0.180. The molecule has 0 aromatic carbocycles. The number of rotatable bonds is 3. The number of esters is 1. The number of aliphatic imine (C=N–C) groups is 1. The Kier molecular flexibility index (Phi) is 4.52. The molecule has 1 aromatic heterocycles. The molecular weight excluding hydrogens is 251 g/mol. The van der Waals surface area contributed by atoms with Crippen molar-refractivity contribution >= 4 is 18.1 Å². The van der Waals surface area contributed by atoms with Crippen LogP contribution >= 0.6 is 0 Å². The predicted molar refractivity (Wildman–Crippen MR) is 68.9 cm³/mol. The molecule has 1 rings (SSSR count). The predicted octanol–water partition coefficient (Wildman–Crippen LogP) is 1.79. The maximum Gasteiger partial charge on any atom is 0.326 e. The molecule has 104 valence electrons. The van der Waals surface area contributed by atoms with Crippen molar-refractivity contribution in [2.24, 2.45) is 10.4 Å². The van der Waals surface area contributed by atoms with Gasteiger partial charge in [-0.2, -0.15) is 4.98 Å². The fraction of sp³-hybridized carbons (Fsp3) is 0.500. The van der Waals surface area contributed by atoms with Gasteiger partial charge in [0, 0.05) is 14.1 Å². The molecule has 0 radical (unpaired) electrons. The summed E-state index contributed by atoms with van der Waals surface area (Å²) in [6, 6.07) is -0.216. The van der Waals surface area contributed by atoms with Gasteiger partial charge >= 0.3 is 12.0 Å². The molecule has 0 saturated carbocycles. The Bertz CT molecular complexity index is 495. The fourth-order valence-corrected chi connectivity index (χ4v) is 0.888. The zero-order chi connectivity index (χ0) is 14.6. The Labute approximate surface area is 111 Å². The van der Waals surface area contributed by atoms with E-state index in [1.165, 1.54) is 6.34 Å². The Balaban J connectivity index is 2.94. The quantitative estimate of drug-likeness (QED) is 0.475. The average molecular weight is 268 g/mol. The Morgan fingerprint density at radius 3 is 2.63 bits per heavy atom. The van der Waals surface area contributed by atoms with Gasteiger partial charge in [0.25, 0.3) is 0 Å². The Morgan fingerprint density at radius 2 is 2.11 bits per heavy atom. The smallest absolute Gasteiger partial charge is 0.326 e. The molecule has 1 aromatic rings. The Morgan fingerprint density at radius 1 is 1.47 bits per heavy atom. The molecule has 0 saturated heterocycles. The van der Waals surface area contributed by atoms with E-state index in [0.29, 0.717) is 0 Å². The minimum Gasteiger partial charge on any atom is -0.390 e. The van der Waals surface area contributed by atoms with Gasteiger partial charge in [-0.15, -0.1) is 0 Å². The van der Waals surface area contributed by atoms with E-state index in [2.05, 4.69) is 15.0 Å². The molecule has 0 amide bonds. The molecule has 1 heterocycles. The van der Waals surface area contributed by atoms with E-state index in [-0.39, 0.29) is 11.8 Å². The maximum absolute atomic E-state index is 13.4. The topological polar surface area (TPSA) is 67.7 Å². The molecule has 6 nitrogen and oxygen atoms in total. The summed E-state index contributed by atoms with van der Waals surface area (Å²) in [7, 11) is 3.48. The molecule has 0 aliphatic heterocycles. The molecule has 7 heteroatoms. The van der Waals surface area contributed by atoms with Crippen molar-refractivity contribution in [1.29, 1.82) is 0 Å². The molecule has 0 bridgehead atoms. The lowest BCUT2D eigenvalue weighted by molar-refractivity contribution is -0.143. The number of carbonyl (C=O) groups excluding carboxylic acids is 1. The first-order chi connectivity index (χ1) is 8.70. The second-order valence-electron chi connectivity index (χ2n) is 5.17. The van der Waals surface area contributed by atoms with Gasteiger partial charge in [-0.1, -0.05) is 0 Å². The zero-order valence-corrected chi connectivity index (χ0v) is 11.6. The minimum atomic E-state index is -0.690. The highest BCUT2D eigenvalue weighted by molar-refractivity contribution is 5.77. The molecule has 0 aliphatic rings. The van der Waals surface area contributed by atoms with Gasteiger partial charge in [0.1, 0.15) is 0 Å². The highest BCUT2D eigenvalue weighted by Crippen LogP contribution is 2.20. The Hall–Kier alpha value is -2.05. The molecule has 0 atom stereocenters. The van der Waals surface area contributed by atoms with Gasteiger partial charge in [-0.25, -0.2) is 14.4 Å². The van der Waals surface area contributed by atoms with Gasteiger partial charge in [0.2, 0.25) is 0 Å². The second-order valence-corrected chi connectivity index (χ2v) is 5.17. The molecule has 0 spiro atoms. The first-order valence-corrected chi connectivity index (χ1v) is 5.65. The van der Waals surface area contributed by atoms with Crippen LogP contribution in [0.1, 0.15) is 20.8 Å². The van der Waals surface area contributed by atoms with Gasteiger partial charge in [0.15, 0.2) is 11.6 Å². The van der Waals surface area contributed by atoms with Crippen LogP contribution < -0.4 is 4.74 Å². The number of hydrogen-bond acceptors (Lipinski definition) is 5. The van der Waals surface area contributed by atoms with Gasteiger partial charge in [-0.05, 0) is 20.8 Å². The first kappa shape index (κ1) is 15.0. The third-order valence-corrected chi connectivity index (χ3v) is 1.91. The number of aromatic nitrogens is 2. The standard InChI is InChI=1S/C12H17FN4O2/c1-12(2,3)10(18)19-11-14-6-8(13)9(16-11)15-7-17(4)5/h6-7H,1-5H3/b15-7+. The summed E-state index contributed by atoms with van der Waals surface area (Å²) >= 11 is 0. The van der Waals surface area contributed by atoms with Crippen LogP contribution in [-0.4, -0.2) is 41.3 Å². The van der Waals surface area contributed by atoms with Gasteiger partial charge in [-0.3, -0.25) is 4.79 Å². The third-order valence-electron chi connectivity index (χ3n) is 1.91. The lowest BCUT2D eigenvalue weighted by Gasteiger charge is -2.15. The highest BCUT2D eigenvalue weighted by atomic mass is 19.1. The van der Waals surface area contributed by atoms with Crippen molar-refractivity contribution in [3.05, 3.63) is 12.0 Å². The maximum atomic E-state index is 13.4. The van der Waals surface area contributed by atoms with Crippen LogP contribution in [0.15, 0.2) is 11.2 Å². The molecular formula is C12H17FN4O2. The van der Waals surface area contributed by atoms with Crippen molar-refractivity contribution in [3.8, 4) is 6.01 Å². The third kappa shape index (κ3) is 4.61. The molecule has 0 unspecified atom stereocenters. The summed E-state index contributed by atoms with van der Waals surface area (Å²) in [4.78, 5) is 24.4. The molecule has 0 aliphatic carbocycles. The van der Waals surface area contributed by atoms with Crippen molar-refractivity contribution < 1.29 is 13.9 Å². The lowest BCUT2D eigenvalue weighted by Crippen LogP contribution is -2.26. The fourth-order valence-electron chi connectivity index (χ4n) is 0.888. The SMILES string of the molecule is CN(C)/C=N/c1nc(OC(=O)C(C)(C)C)ncc1F. The van der Waals surface area contributed by atoms with Crippen LogP contribution in [0.25, 0.3) is 0 Å². The first-order valence-electron chi connectivity index (χ1n) is 5.65. The van der Waals surface area contributed by atoms with Crippen molar-refractivity contribution in [2.45, 2.75) is 20.8 Å². The number of hydrogen-bond donors (Lipinski definition) is 0. The van der Waals surface area contributed by atoms with E-state index in [0.717, 1.165) is 6.20 Å². The highest BCUT2D eigenvalue weighted by Gasteiger charge is 2.25. The number of halogens is 1. The number of ether oxygens (including phenoxy) is 1. The summed E-state index contributed by atoms with van der Waals surface area (Å²) in [5.41, 5.74) is -0.690. The van der Waals surface area contributed by atoms with E-state index < -0.39 is 17.2 Å². The van der Waals surface area contributed by atoms with E-state index in [4.69, 9.17) is 4.74 Å². The van der Waals surface area contributed by atoms with Crippen LogP contribution in [-0.2, 0) is 4.79 Å². The molecule has 0 fully saturated rings. The van der Waals surface area contributed by atoms with Crippen LogP contribution in [0.5, 0.6) is 6.01 Å². The summed E-state index contributed by atoms with van der Waals surface area (Å²) in [6.45, 7) is 5.10. The second kappa shape index (κ2) is 5.73. The van der Waals surface area contributed by atoms with Crippen molar-refractivity contribution in [1.82, 2.24) is 14.9 Å². The molecule has 19 heavy (non-hydrogen) atoms. The van der Waals surface area contributed by atoms with Crippen molar-refractivity contribution in [3.63, 3.8) is 0 Å². The zero-order valence-electron chi connectivity index (χ0n) is 11.6. The van der Waals surface area contributed by atoms with E-state index in [1.807, 2.05) is 0 Å². The largest absolute Gasteiger partial charge is 0.390 e. The van der Waals surface area contributed by atoms with E-state index >= 15 is 0 Å². The van der Waals surface area contributed by atoms with Crippen LogP contribution in [0.2, 0.25) is 0 Å². The van der Waals surface area contributed by atoms with Crippen LogP contribution in [0.3, 0.4) is 0 Å². The monoisotopic (exact) mass is 268 g/mol. The normalized spacial score (nSPS) is 11.7. The van der Waals surface area contributed by atoms with Gasteiger partial charge < -0.3 is 9.64 Å². The lowest BCUT2D eigenvalue weighted by atomic mass is 9.98. The average Bonchev–Trinajstić information content (AvgIpc) is 2.28. The summed E-state index contributed by atoms with van der Waals surface area (Å²) < 4.78 is 18.4. The summed E-state index contributed by atoms with van der Waals surface area (Å²) in [5.74, 6) is -1.37.